The molecule has 0 fully saturated rings. The van der Waals surface area contributed by atoms with Gasteiger partial charge in [-0.05, 0) is 0 Å². The number of alkyl halides is 1. The van der Waals surface area contributed by atoms with Crippen LogP contribution in [0.15, 0.2) is 0 Å². The van der Waals surface area contributed by atoms with Gasteiger partial charge in [0.1, 0.15) is 0 Å². The summed E-state index contributed by atoms with van der Waals surface area (Å²) in [5, 5.41) is 0.847. The van der Waals surface area contributed by atoms with E-state index in [1.807, 2.05) is 0 Å². The van der Waals surface area contributed by atoms with Crippen LogP contribution in [0.2, 0.25) is 16.9 Å². The van der Waals surface area contributed by atoms with Crippen LogP contribution < -0.4 is 0 Å². The molecule has 0 amide bonds. The summed E-state index contributed by atoms with van der Waals surface area (Å²) in [5.41, 5.74) is 0. The minimum atomic E-state index is -0.546. The normalized spacial score (nSPS) is 8.50. The van der Waals surface area contributed by atoms with Gasteiger partial charge in [-0.3, -0.25) is 4.39 Å². The SMILES string of the molecule is [CH3][Al]([CH3])[CH2]CF. The van der Waals surface area contributed by atoms with Gasteiger partial charge in [0.2, 0.25) is 0 Å². The molecule has 36 valence electrons. The van der Waals surface area contributed by atoms with E-state index in [9.17, 15) is 4.39 Å². The van der Waals surface area contributed by atoms with Crippen LogP contribution in [0.25, 0.3) is 0 Å². The van der Waals surface area contributed by atoms with E-state index < -0.39 is 14.1 Å². The zero-order valence-electron chi connectivity index (χ0n) is 4.37. The first kappa shape index (κ1) is 6.46. The highest BCUT2D eigenvalue weighted by atomic mass is 27.2. The maximum atomic E-state index is 11.3. The van der Waals surface area contributed by atoms with Gasteiger partial charge in [-0.25, -0.2) is 0 Å². The average molecular weight is 104 g/mol. The molecular formula is C4H10AlF. The van der Waals surface area contributed by atoms with Crippen LogP contribution in [0.5, 0.6) is 0 Å². The summed E-state index contributed by atoms with van der Waals surface area (Å²) in [6.45, 7) is -0.107. The molecule has 0 spiro atoms. The zero-order chi connectivity index (χ0) is 4.99. The van der Waals surface area contributed by atoms with Gasteiger partial charge >= 0.3 is 0 Å². The molecule has 0 radical (unpaired) electrons. The standard InChI is InChI=1S/C2H4F.2CH3.Al/c1-2-3;;;/h1-2H2;2*1H3;. The molecule has 0 unspecified atom stereocenters. The summed E-state index contributed by atoms with van der Waals surface area (Å²) in [7, 11) is 0. The molecule has 0 aliphatic rings. The Bertz CT molecular complexity index is 28.7. The molecule has 0 bridgehead atoms. The predicted molar refractivity (Wildman–Crippen MR) is 28.3 cm³/mol. The van der Waals surface area contributed by atoms with Crippen LogP contribution in [-0.4, -0.2) is 20.8 Å². The summed E-state index contributed by atoms with van der Waals surface area (Å²) >= 11 is -0.546. The Kier molecular flexibility index (Phi) is 3.93. The van der Waals surface area contributed by atoms with Crippen molar-refractivity contribution in [2.75, 3.05) is 6.67 Å². The first-order valence-corrected chi connectivity index (χ1v) is 5.46. The first-order valence-electron chi connectivity index (χ1n) is 2.33. The lowest BCUT2D eigenvalue weighted by atomic mass is 10.9. The second-order valence-electron chi connectivity index (χ2n) is 1.87. The Balaban J connectivity index is 2.63. The van der Waals surface area contributed by atoms with Crippen LogP contribution in [0.3, 0.4) is 0 Å². The van der Waals surface area contributed by atoms with Crippen LogP contribution in [0.1, 0.15) is 0 Å². The maximum Gasteiger partial charge on any atom is 0.258 e. The quantitative estimate of drug-likeness (QED) is 0.468. The molecule has 0 aromatic carbocycles. The van der Waals surface area contributed by atoms with Gasteiger partial charge in [0.25, 0.3) is 14.1 Å². The molecule has 0 rings (SSSR count). The smallest absolute Gasteiger partial charge is 0.252 e. The minimum Gasteiger partial charge on any atom is -0.252 e. The lowest BCUT2D eigenvalue weighted by Gasteiger charge is -1.86. The molecule has 2 heteroatoms. The van der Waals surface area contributed by atoms with Gasteiger partial charge in [-0.15, -0.1) is 11.6 Å². The van der Waals surface area contributed by atoms with Crippen molar-refractivity contribution in [3.05, 3.63) is 0 Å². The molecule has 0 aromatic rings. The summed E-state index contributed by atoms with van der Waals surface area (Å²) in [4.78, 5) is 0. The van der Waals surface area contributed by atoms with Crippen LogP contribution in [-0.2, 0) is 0 Å². The Labute approximate surface area is 42.7 Å². The summed E-state index contributed by atoms with van der Waals surface area (Å²) < 4.78 is 11.3. The number of hydrogen-bond acceptors (Lipinski definition) is 0. The topological polar surface area (TPSA) is 0 Å². The Morgan fingerprint density at radius 1 is 1.50 bits per heavy atom. The van der Waals surface area contributed by atoms with Crippen molar-refractivity contribution >= 4 is 14.1 Å². The molecule has 0 aliphatic carbocycles. The van der Waals surface area contributed by atoms with Crippen molar-refractivity contribution in [2.45, 2.75) is 16.9 Å². The second-order valence-corrected chi connectivity index (χ2v) is 5.24. The molecule has 0 aromatic heterocycles. The molecule has 0 saturated carbocycles. The lowest BCUT2D eigenvalue weighted by molar-refractivity contribution is 0.525. The van der Waals surface area contributed by atoms with Crippen molar-refractivity contribution in [1.82, 2.24) is 0 Å². The molecule has 0 N–H and O–H groups in total. The van der Waals surface area contributed by atoms with E-state index in [2.05, 4.69) is 11.6 Å². The first-order chi connectivity index (χ1) is 2.77. The summed E-state index contributed by atoms with van der Waals surface area (Å²) in [5.74, 6) is 4.30. The third-order valence-corrected chi connectivity index (χ3v) is 2.06. The van der Waals surface area contributed by atoms with E-state index in [1.165, 1.54) is 0 Å². The second kappa shape index (κ2) is 3.65. The minimum absolute atomic E-state index is 0.107. The van der Waals surface area contributed by atoms with Gasteiger partial charge < -0.3 is 0 Å². The van der Waals surface area contributed by atoms with E-state index >= 15 is 0 Å². The van der Waals surface area contributed by atoms with Crippen LogP contribution in [0.4, 0.5) is 4.39 Å². The maximum absolute atomic E-state index is 11.3. The third kappa shape index (κ3) is 4.46. The van der Waals surface area contributed by atoms with E-state index in [4.69, 9.17) is 0 Å². The van der Waals surface area contributed by atoms with E-state index in [1.54, 1.807) is 0 Å². The van der Waals surface area contributed by atoms with Gasteiger partial charge in [-0.1, -0.05) is 5.28 Å². The molecule has 0 nitrogen and oxygen atoms in total. The molecule has 0 aliphatic heterocycles. The zero-order valence-corrected chi connectivity index (χ0v) is 5.52. The monoisotopic (exact) mass is 104 g/mol. The highest BCUT2D eigenvalue weighted by Gasteiger charge is 1.97. The molecule has 6 heavy (non-hydrogen) atoms. The molecule has 0 heterocycles. The van der Waals surface area contributed by atoms with Crippen LogP contribution >= 0.6 is 0 Å². The lowest BCUT2D eigenvalue weighted by Crippen LogP contribution is -1.98. The van der Waals surface area contributed by atoms with E-state index in [-0.39, 0.29) is 6.67 Å². The van der Waals surface area contributed by atoms with Gasteiger partial charge in [0.15, 0.2) is 0 Å². The summed E-state index contributed by atoms with van der Waals surface area (Å²) in [6.07, 6.45) is 0. The molecule has 0 atom stereocenters. The highest BCUT2D eigenvalue weighted by molar-refractivity contribution is 6.55. The van der Waals surface area contributed by atoms with Crippen LogP contribution in [0, 0.1) is 0 Å². The fraction of sp³-hybridized carbons (Fsp3) is 1.00. The van der Waals surface area contributed by atoms with Gasteiger partial charge in [-0.2, -0.15) is 0 Å². The van der Waals surface area contributed by atoms with Crippen molar-refractivity contribution < 1.29 is 4.39 Å². The number of hydrogen-bond donors (Lipinski definition) is 0. The van der Waals surface area contributed by atoms with Gasteiger partial charge in [0, 0.05) is 0 Å². The summed E-state index contributed by atoms with van der Waals surface area (Å²) in [6, 6.07) is 0. The fourth-order valence-electron chi connectivity index (χ4n) is 0.218. The molecule has 0 saturated heterocycles. The fourth-order valence-corrected chi connectivity index (χ4v) is 0.655. The van der Waals surface area contributed by atoms with Crippen molar-refractivity contribution in [2.24, 2.45) is 0 Å². The Morgan fingerprint density at radius 2 is 2.00 bits per heavy atom. The average Bonchev–Trinajstić information content (AvgIpc) is 1.35. The van der Waals surface area contributed by atoms with Gasteiger partial charge in [0.05, 0.1) is 6.67 Å². The third-order valence-electron chi connectivity index (χ3n) is 0.686. The number of halogens is 1. The largest absolute Gasteiger partial charge is 0.258 e. The number of rotatable bonds is 2. The molecular weight excluding hydrogens is 94.0 g/mol. The van der Waals surface area contributed by atoms with Crippen molar-refractivity contribution in [3.63, 3.8) is 0 Å². The Morgan fingerprint density at radius 3 is 2.00 bits per heavy atom. The predicted octanol–water partition coefficient (Wildman–Crippen LogP) is 1.71. The Hall–Kier alpha value is 0.462. The van der Waals surface area contributed by atoms with Crippen molar-refractivity contribution in [3.8, 4) is 0 Å². The highest BCUT2D eigenvalue weighted by Crippen LogP contribution is 1.88. The van der Waals surface area contributed by atoms with E-state index in [0.29, 0.717) is 0 Å². The van der Waals surface area contributed by atoms with E-state index in [0.717, 1.165) is 5.28 Å². The van der Waals surface area contributed by atoms with Crippen molar-refractivity contribution in [1.29, 1.82) is 0 Å².